The smallest absolute Gasteiger partial charge is 0.191 e. The number of methoxy groups -OCH3 is 1. The lowest BCUT2D eigenvalue weighted by Crippen LogP contribution is -2.43. The molecule has 1 unspecified atom stereocenters. The van der Waals surface area contributed by atoms with E-state index in [1.54, 1.807) is 14.0 Å². The number of hydrogen-bond donors (Lipinski definition) is 3. The molecule has 1 atom stereocenters. The molecule has 0 bridgehead atoms. The van der Waals surface area contributed by atoms with Crippen LogP contribution in [0.1, 0.15) is 43.8 Å². The molecule has 0 amide bonds. The van der Waals surface area contributed by atoms with Gasteiger partial charge in [0.25, 0.3) is 0 Å². The average Bonchev–Trinajstić information content (AvgIpc) is 3.39. The number of aliphatic hydroxyl groups is 1. The van der Waals surface area contributed by atoms with Crippen LogP contribution in [0.4, 0.5) is 0 Å². The molecule has 1 aromatic heterocycles. The first-order chi connectivity index (χ1) is 12.9. The lowest BCUT2D eigenvalue weighted by atomic mass is 9.96. The quantitative estimate of drug-likeness (QED) is 0.401. The van der Waals surface area contributed by atoms with E-state index in [-0.39, 0.29) is 6.54 Å². The van der Waals surface area contributed by atoms with Crippen molar-refractivity contribution in [3.63, 3.8) is 0 Å². The van der Waals surface area contributed by atoms with Gasteiger partial charge in [-0.1, -0.05) is 0 Å². The van der Waals surface area contributed by atoms with E-state index in [0.29, 0.717) is 6.04 Å². The van der Waals surface area contributed by atoms with E-state index >= 15 is 0 Å². The molecule has 1 aromatic rings. The van der Waals surface area contributed by atoms with Gasteiger partial charge in [-0.3, -0.25) is 4.90 Å². The first-order valence-corrected chi connectivity index (χ1v) is 9.92. The van der Waals surface area contributed by atoms with Gasteiger partial charge in [0.15, 0.2) is 5.96 Å². The molecular formula is C20H36N4O3. The van der Waals surface area contributed by atoms with E-state index < -0.39 is 5.60 Å². The molecule has 1 fully saturated rings. The highest BCUT2D eigenvalue weighted by Gasteiger charge is 2.29. The Morgan fingerprint density at radius 3 is 2.67 bits per heavy atom. The molecule has 0 aliphatic heterocycles. The largest absolute Gasteiger partial charge is 0.466 e. The summed E-state index contributed by atoms with van der Waals surface area (Å²) in [6.07, 6.45) is 2.56. The van der Waals surface area contributed by atoms with Crippen molar-refractivity contribution in [3.05, 3.63) is 23.2 Å². The molecule has 1 aliphatic carbocycles. The Bertz CT molecular complexity index is 608. The Balaban J connectivity index is 1.90. The summed E-state index contributed by atoms with van der Waals surface area (Å²) in [7, 11) is 1.74. The van der Waals surface area contributed by atoms with E-state index in [4.69, 9.17) is 9.15 Å². The lowest BCUT2D eigenvalue weighted by Gasteiger charge is -2.23. The van der Waals surface area contributed by atoms with Crippen LogP contribution in [0, 0.1) is 13.8 Å². The number of nitrogens with zero attached hydrogens (tertiary/aromatic N) is 2. The minimum Gasteiger partial charge on any atom is -0.466 e. The summed E-state index contributed by atoms with van der Waals surface area (Å²) < 4.78 is 10.8. The Labute approximate surface area is 163 Å². The fourth-order valence-electron chi connectivity index (χ4n) is 3.27. The summed E-state index contributed by atoms with van der Waals surface area (Å²) >= 11 is 0. The summed E-state index contributed by atoms with van der Waals surface area (Å²) in [6.45, 7) is 12.1. The second-order valence-electron chi connectivity index (χ2n) is 7.48. The van der Waals surface area contributed by atoms with Gasteiger partial charge in [0, 0.05) is 44.9 Å². The Morgan fingerprint density at radius 1 is 1.37 bits per heavy atom. The van der Waals surface area contributed by atoms with Gasteiger partial charge in [0.1, 0.15) is 17.1 Å². The predicted octanol–water partition coefficient (Wildman–Crippen LogP) is 1.77. The minimum atomic E-state index is -1.07. The first-order valence-electron chi connectivity index (χ1n) is 9.92. The van der Waals surface area contributed by atoms with Gasteiger partial charge in [-0.25, -0.2) is 4.99 Å². The Hall–Kier alpha value is -1.57. The van der Waals surface area contributed by atoms with Crippen LogP contribution in [0.15, 0.2) is 15.5 Å². The van der Waals surface area contributed by atoms with Crippen LogP contribution in [0.2, 0.25) is 0 Å². The number of rotatable bonds is 11. The van der Waals surface area contributed by atoms with Gasteiger partial charge < -0.3 is 24.9 Å². The van der Waals surface area contributed by atoms with Crippen LogP contribution >= 0.6 is 0 Å². The standard InChI is InChI=1S/C20H36N4O3/c1-6-21-19(22-9-10-24(11-12-26-5)17-7-8-17)23-14-20(4,25)18-13-15(2)27-16(18)3/h13,17,25H,6-12,14H2,1-5H3,(H2,21,22,23). The highest BCUT2D eigenvalue weighted by atomic mass is 16.5. The van der Waals surface area contributed by atoms with Crippen LogP contribution < -0.4 is 10.6 Å². The monoisotopic (exact) mass is 380 g/mol. The normalized spacial score (nSPS) is 17.2. The van der Waals surface area contributed by atoms with Crippen LogP contribution in [0.25, 0.3) is 0 Å². The number of aryl methyl sites for hydroxylation is 2. The summed E-state index contributed by atoms with van der Waals surface area (Å²) in [5.74, 6) is 2.26. The van der Waals surface area contributed by atoms with Gasteiger partial charge in [-0.2, -0.15) is 0 Å². The highest BCUT2D eigenvalue weighted by Crippen LogP contribution is 2.27. The lowest BCUT2D eigenvalue weighted by molar-refractivity contribution is 0.0657. The molecule has 3 N–H and O–H groups in total. The molecule has 7 heteroatoms. The molecule has 2 rings (SSSR count). The zero-order chi connectivity index (χ0) is 19.9. The third-order valence-corrected chi connectivity index (χ3v) is 4.85. The zero-order valence-corrected chi connectivity index (χ0v) is 17.5. The van der Waals surface area contributed by atoms with Crippen molar-refractivity contribution in [2.24, 2.45) is 4.99 Å². The zero-order valence-electron chi connectivity index (χ0n) is 17.5. The fraction of sp³-hybridized carbons (Fsp3) is 0.750. The molecule has 1 aliphatic rings. The predicted molar refractivity (Wildman–Crippen MR) is 108 cm³/mol. The SMILES string of the molecule is CCNC(=NCC(C)(O)c1cc(C)oc1C)NCCN(CCOC)C1CC1. The van der Waals surface area contributed by atoms with Gasteiger partial charge in [-0.05, 0) is 46.6 Å². The molecule has 0 saturated heterocycles. The molecule has 0 aromatic carbocycles. The van der Waals surface area contributed by atoms with Crippen molar-refractivity contribution in [1.29, 1.82) is 0 Å². The minimum absolute atomic E-state index is 0.262. The molecule has 1 heterocycles. The van der Waals surface area contributed by atoms with Crippen molar-refractivity contribution in [2.45, 2.75) is 52.2 Å². The number of nitrogens with one attached hydrogen (secondary N) is 2. The maximum Gasteiger partial charge on any atom is 0.191 e. The van der Waals surface area contributed by atoms with Gasteiger partial charge in [0.2, 0.25) is 0 Å². The van der Waals surface area contributed by atoms with Crippen LogP contribution in [-0.4, -0.2) is 68.4 Å². The van der Waals surface area contributed by atoms with E-state index in [2.05, 4.69) is 20.5 Å². The number of aliphatic imine (C=N–C) groups is 1. The van der Waals surface area contributed by atoms with Crippen molar-refractivity contribution < 1.29 is 14.3 Å². The molecule has 7 nitrogen and oxygen atoms in total. The van der Waals surface area contributed by atoms with Crippen molar-refractivity contribution in [2.75, 3.05) is 46.4 Å². The van der Waals surface area contributed by atoms with E-state index in [9.17, 15) is 5.11 Å². The van der Waals surface area contributed by atoms with Gasteiger partial charge in [0.05, 0.1) is 13.2 Å². The number of guanidine groups is 1. The van der Waals surface area contributed by atoms with Crippen molar-refractivity contribution in [3.8, 4) is 0 Å². The summed E-state index contributed by atoms with van der Waals surface area (Å²) in [5.41, 5.74) is -0.276. The summed E-state index contributed by atoms with van der Waals surface area (Å²) in [4.78, 5) is 7.06. The van der Waals surface area contributed by atoms with Crippen LogP contribution in [0.5, 0.6) is 0 Å². The maximum absolute atomic E-state index is 10.8. The topological polar surface area (TPSA) is 82.3 Å². The third-order valence-electron chi connectivity index (χ3n) is 4.85. The third kappa shape index (κ3) is 6.83. The first kappa shape index (κ1) is 21.7. The number of ether oxygens (including phenoxy) is 1. The molecule has 27 heavy (non-hydrogen) atoms. The van der Waals surface area contributed by atoms with E-state index in [1.165, 1.54) is 12.8 Å². The molecule has 154 valence electrons. The van der Waals surface area contributed by atoms with Crippen LogP contribution in [-0.2, 0) is 10.3 Å². The second-order valence-corrected chi connectivity index (χ2v) is 7.48. The highest BCUT2D eigenvalue weighted by molar-refractivity contribution is 5.79. The van der Waals surface area contributed by atoms with Gasteiger partial charge in [-0.15, -0.1) is 0 Å². The molecule has 0 radical (unpaired) electrons. The van der Waals surface area contributed by atoms with Gasteiger partial charge >= 0.3 is 0 Å². The summed E-state index contributed by atoms with van der Waals surface area (Å²) in [5, 5.41) is 17.5. The maximum atomic E-state index is 10.8. The van der Waals surface area contributed by atoms with Crippen molar-refractivity contribution >= 4 is 5.96 Å². The molecule has 0 spiro atoms. The fourth-order valence-corrected chi connectivity index (χ4v) is 3.27. The number of furan rings is 1. The molecule has 1 saturated carbocycles. The Kier molecular flexibility index (Phi) is 8.13. The van der Waals surface area contributed by atoms with E-state index in [0.717, 1.165) is 55.8 Å². The van der Waals surface area contributed by atoms with Crippen molar-refractivity contribution in [1.82, 2.24) is 15.5 Å². The second kappa shape index (κ2) is 10.1. The average molecular weight is 381 g/mol. The van der Waals surface area contributed by atoms with E-state index in [1.807, 2.05) is 26.8 Å². The number of hydrogen-bond acceptors (Lipinski definition) is 5. The van der Waals surface area contributed by atoms with Crippen LogP contribution in [0.3, 0.4) is 0 Å². The molecular weight excluding hydrogens is 344 g/mol. The summed E-state index contributed by atoms with van der Waals surface area (Å²) in [6, 6.07) is 2.59. The Morgan fingerprint density at radius 2 is 2.11 bits per heavy atom.